The molecular weight excluding hydrogens is 238 g/mol. The lowest BCUT2D eigenvalue weighted by Gasteiger charge is -2.04. The van der Waals surface area contributed by atoms with Gasteiger partial charge in [0.25, 0.3) is 0 Å². The summed E-state index contributed by atoms with van der Waals surface area (Å²) in [5, 5.41) is 2.02. The summed E-state index contributed by atoms with van der Waals surface area (Å²) in [7, 11) is 0. The zero-order valence-electron chi connectivity index (χ0n) is 9.53. The molecular formula is C11H15N3O2S. The number of thioether (sulfide) groups is 1. The summed E-state index contributed by atoms with van der Waals surface area (Å²) in [5.41, 5.74) is 12.3. The molecule has 3 amide bonds. The maximum absolute atomic E-state index is 11.1. The second-order valence-corrected chi connectivity index (χ2v) is 4.70. The molecule has 1 aromatic carbocycles. The minimum absolute atomic E-state index is 0.247. The molecule has 0 aliphatic rings. The van der Waals surface area contributed by atoms with Crippen molar-refractivity contribution >= 4 is 29.4 Å². The predicted octanol–water partition coefficient (Wildman–Crippen LogP) is 1.25. The smallest absolute Gasteiger partial charge is 0.318 e. The zero-order valence-corrected chi connectivity index (χ0v) is 10.3. The molecule has 0 spiro atoms. The Hall–Kier alpha value is -1.69. The number of rotatable bonds is 4. The fourth-order valence-corrected chi connectivity index (χ4v) is 2.15. The Labute approximate surface area is 104 Å². The molecule has 0 fully saturated rings. The molecule has 0 unspecified atom stereocenters. The number of nitrogen functional groups attached to an aromatic ring is 1. The van der Waals surface area contributed by atoms with E-state index in [1.165, 1.54) is 11.8 Å². The fourth-order valence-electron chi connectivity index (χ4n) is 1.20. The van der Waals surface area contributed by atoms with Crippen LogP contribution < -0.4 is 16.8 Å². The van der Waals surface area contributed by atoms with Gasteiger partial charge in [0.2, 0.25) is 5.91 Å². The van der Waals surface area contributed by atoms with Crippen LogP contribution in [-0.2, 0) is 4.79 Å². The molecule has 1 rings (SSSR count). The van der Waals surface area contributed by atoms with Gasteiger partial charge in [0.1, 0.15) is 0 Å². The first-order valence-corrected chi connectivity index (χ1v) is 6.06. The lowest BCUT2D eigenvalue weighted by atomic mass is 10.2. The number of aryl methyl sites for hydroxylation is 1. The molecule has 17 heavy (non-hydrogen) atoms. The molecule has 0 aliphatic carbocycles. The van der Waals surface area contributed by atoms with E-state index in [0.29, 0.717) is 5.75 Å². The van der Waals surface area contributed by atoms with E-state index in [2.05, 4.69) is 0 Å². The fraction of sp³-hybridized carbons (Fsp3) is 0.273. The molecule has 6 heteroatoms. The van der Waals surface area contributed by atoms with Crippen molar-refractivity contribution in [2.45, 2.75) is 18.2 Å². The third-order valence-corrected chi connectivity index (χ3v) is 3.10. The number of carbonyl (C=O) groups is 2. The highest BCUT2D eigenvalue weighted by Gasteiger charge is 2.04. The van der Waals surface area contributed by atoms with Gasteiger partial charge in [0, 0.05) is 22.8 Å². The van der Waals surface area contributed by atoms with Crippen LogP contribution >= 0.6 is 11.8 Å². The number of carbonyl (C=O) groups excluding carboxylic acids is 2. The van der Waals surface area contributed by atoms with E-state index in [1.807, 2.05) is 30.4 Å². The molecule has 0 saturated heterocycles. The van der Waals surface area contributed by atoms with Crippen molar-refractivity contribution < 1.29 is 9.59 Å². The Morgan fingerprint density at radius 3 is 2.71 bits per heavy atom. The number of nitrogens with two attached hydrogens (primary N) is 2. The molecule has 0 atom stereocenters. The SMILES string of the molecule is Cc1cc(SCCC(=O)NC(N)=O)ccc1N. The van der Waals surface area contributed by atoms with Crippen molar-refractivity contribution in [3.63, 3.8) is 0 Å². The Balaban J connectivity index is 2.38. The minimum atomic E-state index is -0.816. The van der Waals surface area contributed by atoms with Gasteiger partial charge < -0.3 is 11.5 Å². The monoisotopic (exact) mass is 253 g/mol. The summed E-state index contributed by atoms with van der Waals surface area (Å²) in [6, 6.07) is 4.88. The van der Waals surface area contributed by atoms with Gasteiger partial charge in [-0.15, -0.1) is 11.8 Å². The first-order chi connectivity index (χ1) is 7.99. The normalized spacial score (nSPS) is 9.94. The maximum Gasteiger partial charge on any atom is 0.318 e. The van der Waals surface area contributed by atoms with Crippen LogP contribution in [0, 0.1) is 6.92 Å². The van der Waals surface area contributed by atoms with Gasteiger partial charge in [0.15, 0.2) is 0 Å². The third kappa shape index (κ3) is 4.78. The summed E-state index contributed by atoms with van der Waals surface area (Å²) in [6.45, 7) is 1.93. The second-order valence-electron chi connectivity index (χ2n) is 3.53. The van der Waals surface area contributed by atoms with Crippen molar-refractivity contribution in [2.24, 2.45) is 5.73 Å². The highest BCUT2D eigenvalue weighted by Crippen LogP contribution is 2.22. The molecule has 92 valence electrons. The molecule has 0 heterocycles. The van der Waals surface area contributed by atoms with Crippen LogP contribution in [0.3, 0.4) is 0 Å². The molecule has 5 N–H and O–H groups in total. The number of benzene rings is 1. The average molecular weight is 253 g/mol. The van der Waals surface area contributed by atoms with E-state index in [1.54, 1.807) is 0 Å². The molecule has 0 bridgehead atoms. The van der Waals surface area contributed by atoms with Crippen LogP contribution in [0.4, 0.5) is 10.5 Å². The quantitative estimate of drug-likeness (QED) is 0.555. The number of nitrogens with one attached hydrogen (secondary N) is 1. The van der Waals surface area contributed by atoms with E-state index in [-0.39, 0.29) is 12.3 Å². The summed E-state index contributed by atoms with van der Waals surface area (Å²) in [4.78, 5) is 22.6. The third-order valence-electron chi connectivity index (χ3n) is 2.10. The number of hydrogen-bond donors (Lipinski definition) is 3. The second kappa shape index (κ2) is 6.15. The molecule has 0 saturated carbocycles. The summed E-state index contributed by atoms with van der Waals surface area (Å²) in [6.07, 6.45) is 0.247. The number of anilines is 1. The van der Waals surface area contributed by atoms with Gasteiger partial charge >= 0.3 is 6.03 Å². The van der Waals surface area contributed by atoms with Crippen molar-refractivity contribution in [2.75, 3.05) is 11.5 Å². The van der Waals surface area contributed by atoms with E-state index < -0.39 is 6.03 Å². The van der Waals surface area contributed by atoms with Crippen molar-refractivity contribution in [1.29, 1.82) is 0 Å². The Kier molecular flexibility index (Phi) is 4.84. The molecule has 1 aromatic rings. The zero-order chi connectivity index (χ0) is 12.8. The standard InChI is InChI=1S/C11H15N3O2S/c1-7-6-8(2-3-9(7)12)17-5-4-10(15)14-11(13)16/h2-3,6H,4-5,12H2,1H3,(H3,13,14,15,16). The average Bonchev–Trinajstić information content (AvgIpc) is 2.22. The minimum Gasteiger partial charge on any atom is -0.399 e. The van der Waals surface area contributed by atoms with Crippen LogP contribution in [-0.4, -0.2) is 17.7 Å². The Morgan fingerprint density at radius 2 is 2.12 bits per heavy atom. The van der Waals surface area contributed by atoms with Crippen LogP contribution in [0.15, 0.2) is 23.1 Å². The van der Waals surface area contributed by atoms with Gasteiger partial charge in [-0.3, -0.25) is 10.1 Å². The van der Waals surface area contributed by atoms with E-state index in [4.69, 9.17) is 11.5 Å². The highest BCUT2D eigenvalue weighted by atomic mass is 32.2. The molecule has 0 radical (unpaired) electrons. The topological polar surface area (TPSA) is 98.2 Å². The Bertz CT molecular complexity index is 435. The lowest BCUT2D eigenvalue weighted by molar-refractivity contribution is -0.119. The summed E-state index contributed by atoms with van der Waals surface area (Å²) >= 11 is 1.53. The maximum atomic E-state index is 11.1. The number of imide groups is 1. The largest absolute Gasteiger partial charge is 0.399 e. The summed E-state index contributed by atoms with van der Waals surface area (Å²) in [5.74, 6) is 0.222. The lowest BCUT2D eigenvalue weighted by Crippen LogP contribution is -2.35. The van der Waals surface area contributed by atoms with E-state index >= 15 is 0 Å². The van der Waals surface area contributed by atoms with E-state index in [9.17, 15) is 9.59 Å². The van der Waals surface area contributed by atoms with Crippen LogP contribution in [0.1, 0.15) is 12.0 Å². The molecule has 0 aromatic heterocycles. The number of hydrogen-bond acceptors (Lipinski definition) is 4. The van der Waals surface area contributed by atoms with Gasteiger partial charge in [0.05, 0.1) is 0 Å². The van der Waals surface area contributed by atoms with E-state index in [0.717, 1.165) is 16.1 Å². The first kappa shape index (κ1) is 13.4. The predicted molar refractivity (Wildman–Crippen MR) is 68.7 cm³/mol. The number of primary amides is 1. The first-order valence-electron chi connectivity index (χ1n) is 5.07. The van der Waals surface area contributed by atoms with Gasteiger partial charge in [-0.05, 0) is 30.7 Å². The van der Waals surface area contributed by atoms with Crippen LogP contribution in [0.2, 0.25) is 0 Å². The highest BCUT2D eigenvalue weighted by molar-refractivity contribution is 7.99. The molecule has 0 aliphatic heterocycles. The van der Waals surface area contributed by atoms with Gasteiger partial charge in [-0.25, -0.2) is 4.79 Å². The van der Waals surface area contributed by atoms with Gasteiger partial charge in [-0.2, -0.15) is 0 Å². The van der Waals surface area contributed by atoms with Crippen molar-refractivity contribution in [1.82, 2.24) is 5.32 Å². The van der Waals surface area contributed by atoms with Crippen molar-refractivity contribution in [3.05, 3.63) is 23.8 Å². The van der Waals surface area contributed by atoms with Crippen molar-refractivity contribution in [3.8, 4) is 0 Å². The van der Waals surface area contributed by atoms with Gasteiger partial charge in [-0.1, -0.05) is 0 Å². The Morgan fingerprint density at radius 1 is 1.41 bits per heavy atom. The number of amides is 3. The molecule has 5 nitrogen and oxygen atoms in total. The number of urea groups is 1. The van der Waals surface area contributed by atoms with Crippen LogP contribution in [0.25, 0.3) is 0 Å². The van der Waals surface area contributed by atoms with Crippen LogP contribution in [0.5, 0.6) is 0 Å². The summed E-state index contributed by atoms with van der Waals surface area (Å²) < 4.78 is 0.